The summed E-state index contributed by atoms with van der Waals surface area (Å²) >= 11 is 0. The number of amides is 2. The lowest BCUT2D eigenvalue weighted by Gasteiger charge is -2.46. The quantitative estimate of drug-likeness (QED) is 0.795. The maximum Gasteiger partial charge on any atom is 0.250 e. The Balaban J connectivity index is 2.01. The van der Waals surface area contributed by atoms with Crippen molar-refractivity contribution in [1.82, 2.24) is 4.90 Å². The van der Waals surface area contributed by atoms with Crippen molar-refractivity contribution in [3.8, 4) is 0 Å². The molecule has 0 bridgehead atoms. The number of halogens is 2. The van der Waals surface area contributed by atoms with E-state index in [9.17, 15) is 18.4 Å². The third-order valence-corrected chi connectivity index (χ3v) is 4.18. The Hall–Kier alpha value is -1.98. The number of carbonyl (C=O) groups excluding carboxylic acids is 2. The van der Waals surface area contributed by atoms with E-state index in [0.29, 0.717) is 13.0 Å². The van der Waals surface area contributed by atoms with Gasteiger partial charge in [-0.25, -0.2) is 8.78 Å². The van der Waals surface area contributed by atoms with Crippen molar-refractivity contribution in [3.63, 3.8) is 0 Å². The van der Waals surface area contributed by atoms with E-state index in [1.807, 2.05) is 0 Å². The van der Waals surface area contributed by atoms with Crippen LogP contribution in [-0.4, -0.2) is 35.3 Å². The van der Waals surface area contributed by atoms with Gasteiger partial charge in [0.05, 0.1) is 5.69 Å². The minimum Gasteiger partial charge on any atom is -0.329 e. The molecule has 0 saturated carbocycles. The van der Waals surface area contributed by atoms with Crippen LogP contribution in [0, 0.1) is 11.6 Å². The molecule has 1 aromatic carbocycles. The summed E-state index contributed by atoms with van der Waals surface area (Å²) in [5.74, 6) is -1.94. The molecular weight excluding hydrogens is 278 g/mol. The first-order chi connectivity index (χ1) is 9.99. The molecule has 2 saturated heterocycles. The van der Waals surface area contributed by atoms with E-state index in [0.717, 1.165) is 31.0 Å². The third-order valence-electron chi connectivity index (χ3n) is 4.18. The van der Waals surface area contributed by atoms with Crippen molar-refractivity contribution in [1.29, 1.82) is 0 Å². The number of hydrogen-bond acceptors (Lipinski definition) is 2. The lowest BCUT2D eigenvalue weighted by molar-refractivity contribution is -0.147. The Morgan fingerprint density at radius 2 is 1.71 bits per heavy atom. The molecule has 2 unspecified atom stereocenters. The summed E-state index contributed by atoms with van der Waals surface area (Å²) in [4.78, 5) is 27.9. The summed E-state index contributed by atoms with van der Waals surface area (Å²) in [7, 11) is 0. The average Bonchev–Trinajstić information content (AvgIpc) is 2.44. The first-order valence-corrected chi connectivity index (χ1v) is 7.08. The van der Waals surface area contributed by atoms with Crippen LogP contribution in [0.4, 0.5) is 14.5 Å². The van der Waals surface area contributed by atoms with Gasteiger partial charge in [0.2, 0.25) is 5.91 Å². The molecule has 0 aliphatic carbocycles. The summed E-state index contributed by atoms with van der Waals surface area (Å²) < 4.78 is 26.8. The van der Waals surface area contributed by atoms with E-state index in [-0.39, 0.29) is 17.5 Å². The fourth-order valence-electron chi connectivity index (χ4n) is 3.18. The van der Waals surface area contributed by atoms with Crippen molar-refractivity contribution in [3.05, 3.63) is 29.8 Å². The summed E-state index contributed by atoms with van der Waals surface area (Å²) in [6.45, 7) is 2.17. The van der Waals surface area contributed by atoms with E-state index in [1.54, 1.807) is 11.8 Å². The molecule has 2 aliphatic heterocycles. The van der Waals surface area contributed by atoms with Crippen LogP contribution in [-0.2, 0) is 9.59 Å². The molecule has 0 spiro atoms. The normalized spacial score (nSPS) is 26.0. The zero-order chi connectivity index (χ0) is 15.1. The predicted octanol–water partition coefficient (Wildman–Crippen LogP) is 2.08. The maximum atomic E-state index is 13.4. The summed E-state index contributed by atoms with van der Waals surface area (Å²) in [6, 6.07) is 1.67. The van der Waals surface area contributed by atoms with Crippen LogP contribution in [0.2, 0.25) is 0 Å². The molecule has 0 radical (unpaired) electrons. The Morgan fingerprint density at radius 1 is 1.05 bits per heavy atom. The SMILES string of the molecule is CC1C(=O)N2CCCCC2C(=O)N1c1cc(F)cc(F)c1. The van der Waals surface area contributed by atoms with Gasteiger partial charge in [-0.3, -0.25) is 14.5 Å². The molecule has 1 aromatic rings. The fraction of sp³-hybridized carbons (Fsp3) is 0.467. The van der Waals surface area contributed by atoms with Crippen LogP contribution in [0.3, 0.4) is 0 Å². The first kappa shape index (κ1) is 14.0. The maximum absolute atomic E-state index is 13.4. The van der Waals surface area contributed by atoms with Crippen molar-refractivity contribution in [2.24, 2.45) is 0 Å². The second kappa shape index (κ2) is 5.09. The number of piperazine rings is 1. The lowest BCUT2D eigenvalue weighted by Crippen LogP contribution is -2.65. The van der Waals surface area contributed by atoms with Gasteiger partial charge in [0.25, 0.3) is 5.91 Å². The van der Waals surface area contributed by atoms with Gasteiger partial charge in [0, 0.05) is 12.6 Å². The average molecular weight is 294 g/mol. The van der Waals surface area contributed by atoms with Gasteiger partial charge in [0.1, 0.15) is 23.7 Å². The predicted molar refractivity (Wildman–Crippen MR) is 72.7 cm³/mol. The number of rotatable bonds is 1. The molecule has 112 valence electrons. The number of carbonyl (C=O) groups is 2. The van der Waals surface area contributed by atoms with Crippen LogP contribution in [0.25, 0.3) is 0 Å². The minimum absolute atomic E-state index is 0.101. The van der Waals surface area contributed by atoms with E-state index < -0.39 is 23.7 Å². The molecule has 2 heterocycles. The number of fused-ring (bicyclic) bond motifs is 1. The number of nitrogens with zero attached hydrogens (tertiary/aromatic N) is 2. The topological polar surface area (TPSA) is 40.6 Å². The standard InChI is InChI=1S/C15H16F2N2O2/c1-9-14(20)18-5-3-2-4-13(18)15(21)19(9)12-7-10(16)6-11(17)8-12/h6-9,13H,2-5H2,1H3. The largest absolute Gasteiger partial charge is 0.329 e. The highest BCUT2D eigenvalue weighted by atomic mass is 19.1. The Kier molecular flexibility index (Phi) is 3.39. The van der Waals surface area contributed by atoms with Crippen LogP contribution in [0.15, 0.2) is 18.2 Å². The van der Waals surface area contributed by atoms with E-state index >= 15 is 0 Å². The molecule has 2 amide bonds. The number of hydrogen-bond donors (Lipinski definition) is 0. The second-order valence-electron chi connectivity index (χ2n) is 5.56. The summed E-state index contributed by atoms with van der Waals surface area (Å²) in [5, 5.41) is 0. The molecule has 2 aliphatic rings. The van der Waals surface area contributed by atoms with E-state index in [4.69, 9.17) is 0 Å². The second-order valence-corrected chi connectivity index (χ2v) is 5.56. The highest BCUT2D eigenvalue weighted by Crippen LogP contribution is 2.30. The Bertz CT molecular complexity index is 585. The number of anilines is 1. The van der Waals surface area contributed by atoms with E-state index in [1.165, 1.54) is 4.90 Å². The van der Waals surface area contributed by atoms with Gasteiger partial charge >= 0.3 is 0 Å². The van der Waals surface area contributed by atoms with Gasteiger partial charge < -0.3 is 4.90 Å². The molecule has 3 rings (SSSR count). The Morgan fingerprint density at radius 3 is 2.38 bits per heavy atom. The van der Waals surface area contributed by atoms with Gasteiger partial charge in [-0.05, 0) is 38.3 Å². The van der Waals surface area contributed by atoms with Crippen LogP contribution in [0.1, 0.15) is 26.2 Å². The molecule has 2 atom stereocenters. The molecule has 0 aromatic heterocycles. The summed E-state index contributed by atoms with van der Waals surface area (Å²) in [5.41, 5.74) is 0.101. The van der Waals surface area contributed by atoms with Gasteiger partial charge in [-0.1, -0.05) is 0 Å². The molecule has 21 heavy (non-hydrogen) atoms. The molecule has 6 heteroatoms. The van der Waals surface area contributed by atoms with Crippen molar-refractivity contribution < 1.29 is 18.4 Å². The molecule has 2 fully saturated rings. The smallest absolute Gasteiger partial charge is 0.250 e. The molecular formula is C15H16F2N2O2. The zero-order valence-corrected chi connectivity index (χ0v) is 11.7. The highest BCUT2D eigenvalue weighted by molar-refractivity contribution is 6.08. The fourth-order valence-corrected chi connectivity index (χ4v) is 3.18. The van der Waals surface area contributed by atoms with Gasteiger partial charge in [-0.2, -0.15) is 0 Å². The van der Waals surface area contributed by atoms with Crippen molar-refractivity contribution in [2.75, 3.05) is 11.4 Å². The minimum atomic E-state index is -0.761. The number of benzene rings is 1. The van der Waals surface area contributed by atoms with Crippen molar-refractivity contribution >= 4 is 17.5 Å². The summed E-state index contributed by atoms with van der Waals surface area (Å²) in [6.07, 6.45) is 2.36. The van der Waals surface area contributed by atoms with Gasteiger partial charge in [-0.15, -0.1) is 0 Å². The van der Waals surface area contributed by atoms with Crippen molar-refractivity contribution in [2.45, 2.75) is 38.3 Å². The third kappa shape index (κ3) is 2.28. The monoisotopic (exact) mass is 294 g/mol. The number of piperidine rings is 1. The van der Waals surface area contributed by atoms with E-state index in [2.05, 4.69) is 0 Å². The lowest BCUT2D eigenvalue weighted by atomic mass is 9.95. The van der Waals surface area contributed by atoms with Crippen LogP contribution in [0.5, 0.6) is 0 Å². The van der Waals surface area contributed by atoms with Gasteiger partial charge in [0.15, 0.2) is 0 Å². The molecule has 4 nitrogen and oxygen atoms in total. The highest BCUT2D eigenvalue weighted by Gasteiger charge is 2.45. The molecule has 0 N–H and O–H groups in total. The Labute approximate surface area is 121 Å². The first-order valence-electron chi connectivity index (χ1n) is 7.08. The van der Waals surface area contributed by atoms with Crippen LogP contribution < -0.4 is 4.90 Å². The zero-order valence-electron chi connectivity index (χ0n) is 11.7. The van der Waals surface area contributed by atoms with Crippen LogP contribution >= 0.6 is 0 Å².